The van der Waals surface area contributed by atoms with Gasteiger partial charge in [0.25, 0.3) is 0 Å². The molecule has 0 aromatic heterocycles. The zero-order valence-corrected chi connectivity index (χ0v) is 15.1. The molecule has 7 heteroatoms. The molecule has 0 amide bonds. The Morgan fingerprint density at radius 1 is 1.14 bits per heavy atom. The standard InChI is InChI=1S/C14H13Br2NO3S/c1-20-13-4-2-10(15)6-9(13)8-21(18,19)14-5-3-11(17)7-12(14)16/h2-7H,8,17H2,1H3. The van der Waals surface area contributed by atoms with Crippen LogP contribution in [0.3, 0.4) is 0 Å². The largest absolute Gasteiger partial charge is 0.496 e. The highest BCUT2D eigenvalue weighted by molar-refractivity contribution is 9.10. The number of anilines is 1. The second kappa shape index (κ2) is 6.37. The quantitative estimate of drug-likeness (QED) is 0.743. The number of nitrogens with two attached hydrogens (primary N) is 1. The molecule has 0 atom stereocenters. The van der Waals surface area contributed by atoms with Gasteiger partial charge in [-0.15, -0.1) is 0 Å². The van der Waals surface area contributed by atoms with Gasteiger partial charge >= 0.3 is 0 Å². The van der Waals surface area contributed by atoms with E-state index in [0.29, 0.717) is 21.5 Å². The minimum absolute atomic E-state index is 0.155. The lowest BCUT2D eigenvalue weighted by molar-refractivity contribution is 0.411. The van der Waals surface area contributed by atoms with Crippen LogP contribution < -0.4 is 10.5 Å². The molecule has 0 fully saturated rings. The predicted octanol–water partition coefficient (Wildman–Crippen LogP) is 3.78. The normalized spacial score (nSPS) is 11.4. The van der Waals surface area contributed by atoms with Crippen LogP contribution in [0.1, 0.15) is 5.56 Å². The summed E-state index contributed by atoms with van der Waals surface area (Å²) >= 11 is 6.58. The minimum atomic E-state index is -3.51. The highest BCUT2D eigenvalue weighted by Gasteiger charge is 2.21. The van der Waals surface area contributed by atoms with Crippen LogP contribution >= 0.6 is 31.9 Å². The maximum atomic E-state index is 12.6. The van der Waals surface area contributed by atoms with Gasteiger partial charge in [-0.25, -0.2) is 8.42 Å². The minimum Gasteiger partial charge on any atom is -0.496 e. The lowest BCUT2D eigenvalue weighted by atomic mass is 10.2. The predicted molar refractivity (Wildman–Crippen MR) is 90.1 cm³/mol. The van der Waals surface area contributed by atoms with Gasteiger partial charge in [0.05, 0.1) is 17.8 Å². The van der Waals surface area contributed by atoms with Crippen molar-refractivity contribution in [1.29, 1.82) is 0 Å². The number of benzene rings is 2. The van der Waals surface area contributed by atoms with E-state index in [0.717, 1.165) is 4.47 Å². The van der Waals surface area contributed by atoms with Gasteiger partial charge in [0.15, 0.2) is 9.84 Å². The third-order valence-electron chi connectivity index (χ3n) is 2.88. The molecule has 0 spiro atoms. The van der Waals surface area contributed by atoms with Gasteiger partial charge in [-0.3, -0.25) is 0 Å². The zero-order chi connectivity index (χ0) is 15.6. The molecule has 0 aliphatic heterocycles. The van der Waals surface area contributed by atoms with Crippen molar-refractivity contribution < 1.29 is 13.2 Å². The first-order valence-corrected chi connectivity index (χ1v) is 9.17. The zero-order valence-electron chi connectivity index (χ0n) is 11.1. The molecule has 2 aromatic rings. The Balaban J connectivity index is 2.44. The number of ether oxygens (including phenoxy) is 1. The summed E-state index contributed by atoms with van der Waals surface area (Å²) < 4.78 is 31.6. The fourth-order valence-electron chi connectivity index (χ4n) is 1.91. The fourth-order valence-corrected chi connectivity index (χ4v) is 4.88. The molecule has 0 unspecified atom stereocenters. The van der Waals surface area contributed by atoms with E-state index >= 15 is 0 Å². The molecule has 112 valence electrons. The third-order valence-corrected chi connectivity index (χ3v) is 6.01. The first-order valence-electron chi connectivity index (χ1n) is 5.93. The summed E-state index contributed by atoms with van der Waals surface area (Å²) in [4.78, 5) is 0.207. The molecular weight excluding hydrogens is 422 g/mol. The van der Waals surface area contributed by atoms with Gasteiger partial charge in [-0.1, -0.05) is 15.9 Å². The molecule has 0 saturated carbocycles. The highest BCUT2D eigenvalue weighted by atomic mass is 79.9. The van der Waals surface area contributed by atoms with Gasteiger partial charge in [0, 0.05) is 20.2 Å². The van der Waals surface area contributed by atoms with Crippen molar-refractivity contribution >= 4 is 47.4 Å². The lowest BCUT2D eigenvalue weighted by Gasteiger charge is -2.11. The summed E-state index contributed by atoms with van der Waals surface area (Å²) in [6.45, 7) is 0. The van der Waals surface area contributed by atoms with Crippen molar-refractivity contribution in [2.75, 3.05) is 12.8 Å². The average Bonchev–Trinajstić information content (AvgIpc) is 2.37. The number of methoxy groups -OCH3 is 1. The Labute approximate surface area is 140 Å². The first kappa shape index (κ1) is 16.3. The molecule has 2 rings (SSSR count). The van der Waals surface area contributed by atoms with Crippen LogP contribution in [0.4, 0.5) is 5.69 Å². The Morgan fingerprint density at radius 3 is 2.48 bits per heavy atom. The summed E-state index contributed by atoms with van der Waals surface area (Å²) in [5, 5.41) is 0. The number of halogens is 2. The number of hydrogen-bond donors (Lipinski definition) is 1. The maximum absolute atomic E-state index is 12.6. The Morgan fingerprint density at radius 2 is 1.86 bits per heavy atom. The Bertz CT molecular complexity index is 776. The first-order chi connectivity index (χ1) is 9.83. The Hall–Kier alpha value is -1.05. The monoisotopic (exact) mass is 433 g/mol. The van der Waals surface area contributed by atoms with E-state index < -0.39 is 9.84 Å². The van der Waals surface area contributed by atoms with Crippen LogP contribution in [0, 0.1) is 0 Å². The van der Waals surface area contributed by atoms with Gasteiger partial charge in [-0.2, -0.15) is 0 Å². The summed E-state index contributed by atoms with van der Waals surface area (Å²) in [5.41, 5.74) is 6.73. The lowest BCUT2D eigenvalue weighted by Crippen LogP contribution is -2.07. The van der Waals surface area contributed by atoms with E-state index in [-0.39, 0.29) is 10.6 Å². The van der Waals surface area contributed by atoms with Crippen molar-refractivity contribution in [3.05, 3.63) is 50.9 Å². The van der Waals surface area contributed by atoms with Crippen molar-refractivity contribution in [3.63, 3.8) is 0 Å². The molecule has 21 heavy (non-hydrogen) atoms. The smallest absolute Gasteiger partial charge is 0.183 e. The molecule has 2 aromatic carbocycles. The average molecular weight is 435 g/mol. The van der Waals surface area contributed by atoms with E-state index in [9.17, 15) is 8.42 Å². The van der Waals surface area contributed by atoms with Crippen LogP contribution in [-0.4, -0.2) is 15.5 Å². The fraction of sp³-hybridized carbons (Fsp3) is 0.143. The molecule has 0 heterocycles. The number of sulfone groups is 1. The second-order valence-electron chi connectivity index (χ2n) is 4.41. The Kier molecular flexibility index (Phi) is 4.95. The van der Waals surface area contributed by atoms with Gasteiger partial charge in [0.2, 0.25) is 0 Å². The van der Waals surface area contributed by atoms with Crippen molar-refractivity contribution in [1.82, 2.24) is 0 Å². The molecule has 0 saturated heterocycles. The number of nitrogen functional groups attached to an aromatic ring is 1. The maximum Gasteiger partial charge on any atom is 0.183 e. The summed E-state index contributed by atoms with van der Waals surface area (Å²) in [7, 11) is -2.00. The summed E-state index contributed by atoms with van der Waals surface area (Å²) in [6.07, 6.45) is 0. The summed E-state index contributed by atoms with van der Waals surface area (Å²) in [5.74, 6) is 0.381. The molecule has 2 N–H and O–H groups in total. The van der Waals surface area contributed by atoms with Gasteiger partial charge in [-0.05, 0) is 52.3 Å². The van der Waals surface area contributed by atoms with Crippen molar-refractivity contribution in [2.45, 2.75) is 10.6 Å². The molecule has 4 nitrogen and oxygen atoms in total. The van der Waals surface area contributed by atoms with E-state index in [2.05, 4.69) is 31.9 Å². The second-order valence-corrected chi connectivity index (χ2v) is 8.13. The van der Waals surface area contributed by atoms with Crippen molar-refractivity contribution in [2.24, 2.45) is 0 Å². The van der Waals surface area contributed by atoms with Gasteiger partial charge in [0.1, 0.15) is 5.75 Å². The SMILES string of the molecule is COc1ccc(Br)cc1CS(=O)(=O)c1ccc(N)cc1Br. The topological polar surface area (TPSA) is 69.4 Å². The van der Waals surface area contributed by atoms with E-state index in [1.54, 1.807) is 30.3 Å². The van der Waals surface area contributed by atoms with Crippen LogP contribution in [0.15, 0.2) is 50.2 Å². The molecule has 0 aliphatic rings. The van der Waals surface area contributed by atoms with Crippen LogP contribution in [0.25, 0.3) is 0 Å². The van der Waals surface area contributed by atoms with Crippen LogP contribution in [-0.2, 0) is 15.6 Å². The van der Waals surface area contributed by atoms with E-state index in [1.165, 1.54) is 13.2 Å². The van der Waals surface area contributed by atoms with E-state index in [1.807, 2.05) is 0 Å². The molecular formula is C14H13Br2NO3S. The highest BCUT2D eigenvalue weighted by Crippen LogP contribution is 2.30. The van der Waals surface area contributed by atoms with Crippen LogP contribution in [0.5, 0.6) is 5.75 Å². The summed E-state index contributed by atoms with van der Waals surface area (Å²) in [6, 6.07) is 9.91. The number of hydrogen-bond acceptors (Lipinski definition) is 4. The van der Waals surface area contributed by atoms with Crippen LogP contribution in [0.2, 0.25) is 0 Å². The van der Waals surface area contributed by atoms with E-state index in [4.69, 9.17) is 10.5 Å². The molecule has 0 aliphatic carbocycles. The molecule has 0 bridgehead atoms. The van der Waals surface area contributed by atoms with Gasteiger partial charge < -0.3 is 10.5 Å². The third kappa shape index (κ3) is 3.78. The molecule has 0 radical (unpaired) electrons. The number of rotatable bonds is 4. The van der Waals surface area contributed by atoms with Crippen molar-refractivity contribution in [3.8, 4) is 5.75 Å².